The summed E-state index contributed by atoms with van der Waals surface area (Å²) in [5, 5.41) is 0. The van der Waals surface area contributed by atoms with Crippen molar-refractivity contribution in [2.24, 2.45) is 0 Å². The maximum absolute atomic E-state index is 14.2. The van der Waals surface area contributed by atoms with Crippen molar-refractivity contribution in [2.75, 3.05) is 19.8 Å². The predicted octanol–water partition coefficient (Wildman–Crippen LogP) is 1.97. The minimum atomic E-state index is -1.94. The normalized spacial score (nSPS) is 31.2. The molecule has 4 aliphatic heterocycles. The summed E-state index contributed by atoms with van der Waals surface area (Å²) in [6.07, 6.45) is 2.70. The number of hydrogen-bond donors (Lipinski definition) is 0. The molecule has 0 aromatic heterocycles. The summed E-state index contributed by atoms with van der Waals surface area (Å²) in [5.41, 5.74) is -1.08. The maximum atomic E-state index is 14.2. The first-order chi connectivity index (χ1) is 17.0. The highest BCUT2D eigenvalue weighted by Crippen LogP contribution is 2.42. The van der Waals surface area contributed by atoms with E-state index in [2.05, 4.69) is 0 Å². The number of Topliss-reactive ketones (excluding diaryl/α,β-unsaturated/α-hetero) is 1. The van der Waals surface area contributed by atoms with Gasteiger partial charge in [0.1, 0.15) is 6.10 Å². The Kier molecular flexibility index (Phi) is 7.00. The molecule has 0 spiro atoms. The monoisotopic (exact) mass is 484 g/mol. The molecular formula is C26H32N2O7. The van der Waals surface area contributed by atoms with E-state index in [1.807, 2.05) is 30.3 Å². The molecule has 4 aliphatic rings. The summed E-state index contributed by atoms with van der Waals surface area (Å²) < 4.78 is 17.7. The topological polar surface area (TPSA) is 102 Å². The molecule has 4 atom stereocenters. The summed E-state index contributed by atoms with van der Waals surface area (Å²) in [6.45, 7) is 1.52. The number of nitrogens with zero attached hydrogens (tertiary/aromatic N) is 2. The highest BCUT2D eigenvalue weighted by Gasteiger charge is 2.68. The number of likely N-dealkylation sites (tertiary alicyclic amines) is 1. The van der Waals surface area contributed by atoms with E-state index in [4.69, 9.17) is 14.2 Å². The number of amides is 3. The van der Waals surface area contributed by atoms with Crippen molar-refractivity contribution >= 4 is 23.5 Å². The van der Waals surface area contributed by atoms with Gasteiger partial charge in [-0.3, -0.25) is 24.1 Å². The van der Waals surface area contributed by atoms with Crippen LogP contribution in [0.15, 0.2) is 30.3 Å². The predicted molar refractivity (Wildman–Crippen MR) is 123 cm³/mol. The molecule has 0 saturated carbocycles. The van der Waals surface area contributed by atoms with Crippen molar-refractivity contribution < 1.29 is 33.4 Å². The Balaban J connectivity index is 1.40. The lowest BCUT2D eigenvalue weighted by molar-refractivity contribution is -0.180. The molecule has 0 N–H and O–H groups in total. The van der Waals surface area contributed by atoms with Crippen LogP contribution in [-0.2, 0) is 40.0 Å². The molecule has 0 bridgehead atoms. The van der Waals surface area contributed by atoms with Crippen LogP contribution in [0.25, 0.3) is 0 Å². The third-order valence-corrected chi connectivity index (χ3v) is 7.54. The number of carbonyl (C=O) groups is 4. The van der Waals surface area contributed by atoms with Gasteiger partial charge in [-0.15, -0.1) is 0 Å². The van der Waals surface area contributed by atoms with E-state index in [-0.39, 0.29) is 44.8 Å². The number of imide groups is 1. The Morgan fingerprint density at radius 2 is 1.83 bits per heavy atom. The third-order valence-electron chi connectivity index (χ3n) is 7.54. The smallest absolute Gasteiger partial charge is 0.259 e. The van der Waals surface area contributed by atoms with E-state index >= 15 is 0 Å². The van der Waals surface area contributed by atoms with Crippen LogP contribution in [0.5, 0.6) is 0 Å². The second-order valence-electron chi connectivity index (χ2n) is 9.73. The summed E-state index contributed by atoms with van der Waals surface area (Å²) in [4.78, 5) is 56.1. The molecule has 1 aromatic rings. The number of carbonyl (C=O) groups excluding carboxylic acids is 4. The molecule has 4 fully saturated rings. The number of hydrogen-bond acceptors (Lipinski definition) is 7. The number of fused-ring (bicyclic) bond motifs is 1. The molecule has 2 unspecified atom stereocenters. The fourth-order valence-electron chi connectivity index (χ4n) is 5.76. The highest BCUT2D eigenvalue weighted by atomic mass is 16.7. The standard InChI is InChI=1S/C26H32N2O7/c29-20-11-12-22(30)28-23(31)15-21(34-16-18-7-2-1-3-8-18)26(20,28)25(32)27-13-6-9-19(27)17-35-24-10-4-5-14-33-24/h1-3,7-8,19,21,24H,4-6,9-17H2/t19-,21?,24?,26-/m0/s1. The van der Waals surface area contributed by atoms with Crippen molar-refractivity contribution in [3.63, 3.8) is 0 Å². The van der Waals surface area contributed by atoms with Crippen LogP contribution in [0.1, 0.15) is 56.9 Å². The molecule has 1 aromatic carbocycles. The molecule has 9 heteroatoms. The molecule has 5 rings (SSSR count). The first-order valence-electron chi connectivity index (χ1n) is 12.6. The van der Waals surface area contributed by atoms with Gasteiger partial charge in [-0.2, -0.15) is 0 Å². The zero-order chi connectivity index (χ0) is 24.4. The van der Waals surface area contributed by atoms with Crippen molar-refractivity contribution in [1.29, 1.82) is 0 Å². The Hall–Kier alpha value is -2.62. The van der Waals surface area contributed by atoms with Crippen LogP contribution in [0.4, 0.5) is 0 Å². The molecule has 35 heavy (non-hydrogen) atoms. The lowest BCUT2D eigenvalue weighted by atomic mass is 9.81. The molecular weight excluding hydrogens is 452 g/mol. The zero-order valence-corrected chi connectivity index (χ0v) is 19.9. The van der Waals surface area contributed by atoms with Gasteiger partial charge in [0.25, 0.3) is 5.91 Å². The number of piperidine rings is 1. The van der Waals surface area contributed by atoms with Gasteiger partial charge in [0.15, 0.2) is 12.1 Å². The fraction of sp³-hybridized carbons (Fsp3) is 0.615. The Bertz CT molecular complexity index is 977. The molecule has 0 radical (unpaired) electrons. The summed E-state index contributed by atoms with van der Waals surface area (Å²) in [5.74, 6) is -1.96. The Morgan fingerprint density at radius 3 is 2.60 bits per heavy atom. The Labute approximate surface area is 204 Å². The second kappa shape index (κ2) is 10.2. The lowest BCUT2D eigenvalue weighted by Crippen LogP contribution is -2.70. The fourth-order valence-corrected chi connectivity index (χ4v) is 5.76. The largest absolute Gasteiger partial charge is 0.369 e. The molecule has 4 heterocycles. The summed E-state index contributed by atoms with van der Waals surface area (Å²) in [6, 6.07) is 9.11. The second-order valence-corrected chi connectivity index (χ2v) is 9.73. The minimum absolute atomic E-state index is 0.0729. The average Bonchev–Trinajstić information content (AvgIpc) is 3.48. The quantitative estimate of drug-likeness (QED) is 0.431. The average molecular weight is 485 g/mol. The van der Waals surface area contributed by atoms with Crippen LogP contribution < -0.4 is 0 Å². The Morgan fingerprint density at radius 1 is 1.00 bits per heavy atom. The van der Waals surface area contributed by atoms with E-state index < -0.39 is 35.1 Å². The summed E-state index contributed by atoms with van der Waals surface area (Å²) >= 11 is 0. The van der Waals surface area contributed by atoms with Gasteiger partial charge in [0.05, 0.1) is 25.7 Å². The van der Waals surface area contributed by atoms with Gasteiger partial charge in [0.2, 0.25) is 17.4 Å². The number of ether oxygens (including phenoxy) is 3. The van der Waals surface area contributed by atoms with E-state index in [0.29, 0.717) is 13.2 Å². The van der Waals surface area contributed by atoms with Gasteiger partial charge >= 0.3 is 0 Å². The SMILES string of the molecule is O=C1CCC(=O)[C@@]2(C(=O)N3CCC[C@H]3COC3CCCCO3)C(OCc3ccccc3)CC(=O)N12. The van der Waals surface area contributed by atoms with Gasteiger partial charge in [0, 0.05) is 26.0 Å². The van der Waals surface area contributed by atoms with Crippen molar-refractivity contribution in [3.8, 4) is 0 Å². The van der Waals surface area contributed by atoms with E-state index in [0.717, 1.165) is 42.6 Å². The van der Waals surface area contributed by atoms with Crippen LogP contribution in [0.3, 0.4) is 0 Å². The van der Waals surface area contributed by atoms with Gasteiger partial charge in [-0.25, -0.2) is 0 Å². The maximum Gasteiger partial charge on any atom is 0.259 e. The van der Waals surface area contributed by atoms with Crippen LogP contribution in [-0.4, -0.2) is 77.0 Å². The van der Waals surface area contributed by atoms with E-state index in [1.54, 1.807) is 4.90 Å². The van der Waals surface area contributed by atoms with Gasteiger partial charge in [-0.1, -0.05) is 30.3 Å². The van der Waals surface area contributed by atoms with Crippen molar-refractivity contribution in [2.45, 2.75) is 81.9 Å². The van der Waals surface area contributed by atoms with Crippen molar-refractivity contribution in [1.82, 2.24) is 9.80 Å². The minimum Gasteiger partial charge on any atom is -0.369 e. The third kappa shape index (κ3) is 4.41. The van der Waals surface area contributed by atoms with E-state index in [1.165, 1.54) is 0 Å². The first-order valence-corrected chi connectivity index (χ1v) is 12.6. The molecule has 4 saturated heterocycles. The zero-order valence-electron chi connectivity index (χ0n) is 19.9. The van der Waals surface area contributed by atoms with Gasteiger partial charge < -0.3 is 19.1 Å². The highest BCUT2D eigenvalue weighted by molar-refractivity contribution is 6.22. The molecule has 188 valence electrons. The van der Waals surface area contributed by atoms with Gasteiger partial charge in [-0.05, 0) is 37.7 Å². The summed E-state index contributed by atoms with van der Waals surface area (Å²) in [7, 11) is 0. The molecule has 0 aliphatic carbocycles. The van der Waals surface area contributed by atoms with Crippen LogP contribution in [0.2, 0.25) is 0 Å². The van der Waals surface area contributed by atoms with E-state index in [9.17, 15) is 19.2 Å². The first kappa shape index (κ1) is 24.1. The molecule has 3 amide bonds. The van der Waals surface area contributed by atoms with Crippen LogP contribution in [0, 0.1) is 0 Å². The lowest BCUT2D eigenvalue weighted by Gasteiger charge is -2.43. The number of ketones is 1. The van der Waals surface area contributed by atoms with Crippen molar-refractivity contribution in [3.05, 3.63) is 35.9 Å². The number of rotatable bonds is 7. The number of benzene rings is 1. The van der Waals surface area contributed by atoms with Crippen LogP contribution >= 0.6 is 0 Å². The molecule has 9 nitrogen and oxygen atoms in total.